The third-order valence-electron chi connectivity index (χ3n) is 3.93. The lowest BCUT2D eigenvalue weighted by atomic mass is 9.91. The normalized spacial score (nSPS) is 14.6. The van der Waals surface area contributed by atoms with Gasteiger partial charge in [0.1, 0.15) is 0 Å². The average molecular weight is 283 g/mol. The van der Waals surface area contributed by atoms with Crippen LogP contribution >= 0.6 is 11.6 Å². The summed E-state index contributed by atoms with van der Waals surface area (Å²) >= 11 is 5.92. The SMILES string of the molecule is CCC(CC)CNC(C)(CN)Cc1ccc(Cl)cc1. The first-order valence-corrected chi connectivity index (χ1v) is 7.60. The molecule has 0 heterocycles. The van der Waals surface area contributed by atoms with E-state index in [-0.39, 0.29) is 5.54 Å². The fourth-order valence-corrected chi connectivity index (χ4v) is 2.35. The van der Waals surface area contributed by atoms with E-state index in [0.717, 1.165) is 23.9 Å². The van der Waals surface area contributed by atoms with Gasteiger partial charge in [-0.05, 0) is 43.5 Å². The highest BCUT2D eigenvalue weighted by Crippen LogP contribution is 2.16. The van der Waals surface area contributed by atoms with Gasteiger partial charge in [0.15, 0.2) is 0 Å². The van der Waals surface area contributed by atoms with Gasteiger partial charge >= 0.3 is 0 Å². The standard InChI is InChI=1S/C16H27ClN2/c1-4-13(5-2)11-19-16(3,12-18)10-14-6-8-15(17)9-7-14/h6-9,13,19H,4-5,10-12,18H2,1-3H3. The van der Waals surface area contributed by atoms with E-state index in [1.54, 1.807) is 0 Å². The van der Waals surface area contributed by atoms with Gasteiger partial charge in [0, 0.05) is 17.1 Å². The molecule has 19 heavy (non-hydrogen) atoms. The summed E-state index contributed by atoms with van der Waals surface area (Å²) in [4.78, 5) is 0. The van der Waals surface area contributed by atoms with Crippen LogP contribution in [0.4, 0.5) is 0 Å². The van der Waals surface area contributed by atoms with Crippen LogP contribution in [0.2, 0.25) is 5.02 Å². The molecule has 3 heteroatoms. The second-order valence-corrected chi connectivity index (χ2v) is 6.07. The highest BCUT2D eigenvalue weighted by atomic mass is 35.5. The molecule has 0 radical (unpaired) electrons. The number of nitrogens with two attached hydrogens (primary N) is 1. The van der Waals surface area contributed by atoms with Crippen molar-refractivity contribution in [2.24, 2.45) is 11.7 Å². The van der Waals surface area contributed by atoms with Gasteiger partial charge in [0.05, 0.1) is 0 Å². The summed E-state index contributed by atoms with van der Waals surface area (Å²) in [6, 6.07) is 8.04. The van der Waals surface area contributed by atoms with E-state index in [2.05, 4.69) is 38.2 Å². The molecule has 0 aliphatic heterocycles. The van der Waals surface area contributed by atoms with E-state index in [9.17, 15) is 0 Å². The summed E-state index contributed by atoms with van der Waals surface area (Å²) in [6.45, 7) is 8.36. The van der Waals surface area contributed by atoms with E-state index in [1.807, 2.05) is 12.1 Å². The molecule has 1 atom stereocenters. The zero-order valence-corrected chi connectivity index (χ0v) is 13.1. The van der Waals surface area contributed by atoms with Gasteiger partial charge in [-0.2, -0.15) is 0 Å². The van der Waals surface area contributed by atoms with Crippen molar-refractivity contribution < 1.29 is 0 Å². The molecule has 1 rings (SSSR count). The predicted octanol–water partition coefficient (Wildman–Crippen LogP) is 3.63. The lowest BCUT2D eigenvalue weighted by molar-refractivity contribution is 0.319. The second kappa shape index (κ2) is 7.88. The number of hydrogen-bond acceptors (Lipinski definition) is 2. The van der Waals surface area contributed by atoms with Crippen LogP contribution in [-0.2, 0) is 6.42 Å². The highest BCUT2D eigenvalue weighted by Gasteiger charge is 2.23. The molecule has 0 saturated carbocycles. The van der Waals surface area contributed by atoms with Crippen LogP contribution in [0.15, 0.2) is 24.3 Å². The molecular weight excluding hydrogens is 256 g/mol. The fourth-order valence-electron chi connectivity index (χ4n) is 2.23. The van der Waals surface area contributed by atoms with E-state index in [0.29, 0.717) is 6.54 Å². The summed E-state index contributed by atoms with van der Waals surface area (Å²) in [5.74, 6) is 0.732. The summed E-state index contributed by atoms with van der Waals surface area (Å²) in [5.41, 5.74) is 7.19. The Morgan fingerprint density at radius 1 is 1.21 bits per heavy atom. The van der Waals surface area contributed by atoms with Crippen molar-refractivity contribution in [1.82, 2.24) is 5.32 Å². The summed E-state index contributed by atoms with van der Waals surface area (Å²) < 4.78 is 0. The first-order valence-electron chi connectivity index (χ1n) is 7.22. The topological polar surface area (TPSA) is 38.0 Å². The highest BCUT2D eigenvalue weighted by molar-refractivity contribution is 6.30. The van der Waals surface area contributed by atoms with Crippen molar-refractivity contribution in [1.29, 1.82) is 0 Å². The number of nitrogens with one attached hydrogen (secondary N) is 1. The molecule has 0 amide bonds. The van der Waals surface area contributed by atoms with Gasteiger partial charge in [-0.3, -0.25) is 0 Å². The Morgan fingerprint density at radius 2 is 1.79 bits per heavy atom. The lowest BCUT2D eigenvalue weighted by Gasteiger charge is -2.31. The maximum Gasteiger partial charge on any atom is 0.0406 e. The average Bonchev–Trinajstić information content (AvgIpc) is 2.42. The maximum absolute atomic E-state index is 5.97. The van der Waals surface area contributed by atoms with Crippen LogP contribution in [0.3, 0.4) is 0 Å². The van der Waals surface area contributed by atoms with Crippen molar-refractivity contribution in [3.8, 4) is 0 Å². The summed E-state index contributed by atoms with van der Waals surface area (Å²) in [5, 5.41) is 4.43. The van der Waals surface area contributed by atoms with Crippen molar-refractivity contribution >= 4 is 11.6 Å². The largest absolute Gasteiger partial charge is 0.329 e. The molecule has 3 N–H and O–H groups in total. The minimum Gasteiger partial charge on any atom is -0.329 e. The Kier molecular flexibility index (Phi) is 6.84. The van der Waals surface area contributed by atoms with Crippen molar-refractivity contribution in [2.75, 3.05) is 13.1 Å². The maximum atomic E-state index is 5.97. The van der Waals surface area contributed by atoms with E-state index >= 15 is 0 Å². The molecule has 0 aromatic heterocycles. The molecule has 0 bridgehead atoms. The number of hydrogen-bond donors (Lipinski definition) is 2. The Balaban J connectivity index is 2.61. The lowest BCUT2D eigenvalue weighted by Crippen LogP contribution is -2.51. The van der Waals surface area contributed by atoms with Gasteiger partial charge in [0.25, 0.3) is 0 Å². The second-order valence-electron chi connectivity index (χ2n) is 5.63. The van der Waals surface area contributed by atoms with Crippen LogP contribution in [-0.4, -0.2) is 18.6 Å². The van der Waals surface area contributed by atoms with Crippen LogP contribution in [0.5, 0.6) is 0 Å². The predicted molar refractivity (Wildman–Crippen MR) is 84.7 cm³/mol. The number of benzene rings is 1. The molecule has 1 unspecified atom stereocenters. The first kappa shape index (κ1) is 16.5. The molecule has 0 spiro atoms. The zero-order valence-electron chi connectivity index (χ0n) is 12.4. The van der Waals surface area contributed by atoms with E-state index in [1.165, 1.54) is 18.4 Å². The minimum absolute atomic E-state index is 0.0452. The van der Waals surface area contributed by atoms with Crippen molar-refractivity contribution in [3.05, 3.63) is 34.9 Å². The monoisotopic (exact) mass is 282 g/mol. The van der Waals surface area contributed by atoms with Crippen molar-refractivity contribution in [3.63, 3.8) is 0 Å². The summed E-state index contributed by atoms with van der Waals surface area (Å²) in [6.07, 6.45) is 3.36. The van der Waals surface area contributed by atoms with Gasteiger partial charge in [0.2, 0.25) is 0 Å². The molecular formula is C16H27ClN2. The summed E-state index contributed by atoms with van der Waals surface area (Å²) in [7, 11) is 0. The van der Waals surface area contributed by atoms with Gasteiger partial charge in [-0.15, -0.1) is 0 Å². The molecule has 0 aliphatic carbocycles. The van der Waals surface area contributed by atoms with E-state index in [4.69, 9.17) is 17.3 Å². The Morgan fingerprint density at radius 3 is 2.26 bits per heavy atom. The van der Waals surface area contributed by atoms with Gasteiger partial charge in [-0.25, -0.2) is 0 Å². The molecule has 0 aliphatic rings. The molecule has 0 fully saturated rings. The van der Waals surface area contributed by atoms with Crippen LogP contribution in [0.1, 0.15) is 39.2 Å². The zero-order chi connectivity index (χ0) is 14.3. The number of halogens is 1. The third-order valence-corrected chi connectivity index (χ3v) is 4.18. The fraction of sp³-hybridized carbons (Fsp3) is 0.625. The first-order chi connectivity index (χ1) is 9.03. The Labute approximate surface area is 122 Å². The minimum atomic E-state index is -0.0452. The van der Waals surface area contributed by atoms with Gasteiger partial charge < -0.3 is 11.1 Å². The Bertz CT molecular complexity index is 360. The van der Waals surface area contributed by atoms with Crippen molar-refractivity contribution in [2.45, 2.75) is 45.6 Å². The smallest absolute Gasteiger partial charge is 0.0406 e. The molecule has 108 valence electrons. The molecule has 2 nitrogen and oxygen atoms in total. The Hall–Kier alpha value is -0.570. The number of rotatable bonds is 8. The third kappa shape index (κ3) is 5.52. The molecule has 0 saturated heterocycles. The molecule has 1 aromatic carbocycles. The van der Waals surface area contributed by atoms with E-state index < -0.39 is 0 Å². The molecule has 1 aromatic rings. The van der Waals surface area contributed by atoms with Crippen LogP contribution in [0.25, 0.3) is 0 Å². The van der Waals surface area contributed by atoms with Gasteiger partial charge in [-0.1, -0.05) is 50.4 Å². The van der Waals surface area contributed by atoms with Crippen LogP contribution < -0.4 is 11.1 Å². The quantitative estimate of drug-likeness (QED) is 0.764. The van der Waals surface area contributed by atoms with Crippen LogP contribution in [0, 0.1) is 5.92 Å².